The number of carbonyl (C=O) groups excluding carboxylic acids is 3. The summed E-state index contributed by atoms with van der Waals surface area (Å²) >= 11 is 0. The molecule has 1 aliphatic heterocycles. The number of hydrogen-bond acceptors (Lipinski definition) is 4. The van der Waals surface area contributed by atoms with Gasteiger partial charge in [-0.15, -0.1) is 0 Å². The maximum atomic E-state index is 12.9. The Balaban J connectivity index is 1.82. The molecule has 3 N–H and O–H groups in total. The van der Waals surface area contributed by atoms with Crippen molar-refractivity contribution in [3.05, 3.63) is 35.4 Å². The third-order valence-corrected chi connectivity index (χ3v) is 5.11. The van der Waals surface area contributed by atoms with E-state index in [1.54, 1.807) is 7.05 Å². The highest BCUT2D eigenvalue weighted by Gasteiger charge is 2.55. The van der Waals surface area contributed by atoms with Gasteiger partial charge < -0.3 is 16.0 Å². The number of imide groups is 1. The average molecular weight is 330 g/mol. The number of nitrogens with one attached hydrogen (secondary N) is 1. The number of benzene rings is 1. The number of urea groups is 1. The van der Waals surface area contributed by atoms with E-state index in [1.165, 1.54) is 4.90 Å². The molecule has 4 amide bonds. The normalized spacial score (nSPS) is 23.4. The topological polar surface area (TPSA) is 95.7 Å². The van der Waals surface area contributed by atoms with Gasteiger partial charge in [-0.3, -0.25) is 14.5 Å². The number of fused-ring (bicyclic) bond motifs is 2. The molecular formula is C17H22N4O3. The van der Waals surface area contributed by atoms with Gasteiger partial charge in [-0.1, -0.05) is 24.3 Å². The largest absolute Gasteiger partial charge is 0.340 e. The molecule has 1 aliphatic carbocycles. The molecule has 0 radical (unpaired) electrons. The molecule has 24 heavy (non-hydrogen) atoms. The van der Waals surface area contributed by atoms with Gasteiger partial charge in [-0.2, -0.15) is 0 Å². The molecule has 0 bridgehead atoms. The first-order valence-corrected chi connectivity index (χ1v) is 8.09. The lowest BCUT2D eigenvalue weighted by atomic mass is 9.92. The molecule has 128 valence electrons. The first-order chi connectivity index (χ1) is 11.4. The van der Waals surface area contributed by atoms with Crippen molar-refractivity contribution in [3.63, 3.8) is 0 Å². The van der Waals surface area contributed by atoms with E-state index in [0.717, 1.165) is 22.4 Å². The van der Waals surface area contributed by atoms with E-state index in [1.807, 2.05) is 31.2 Å². The number of nitrogens with two attached hydrogens (primary N) is 1. The summed E-state index contributed by atoms with van der Waals surface area (Å²) in [4.78, 5) is 40.1. The van der Waals surface area contributed by atoms with E-state index in [4.69, 9.17) is 5.73 Å². The number of aryl methyl sites for hydroxylation is 1. The second-order valence-electron chi connectivity index (χ2n) is 6.47. The van der Waals surface area contributed by atoms with E-state index in [2.05, 4.69) is 5.32 Å². The molecule has 2 atom stereocenters. The Bertz CT molecular complexity index is 705. The summed E-state index contributed by atoms with van der Waals surface area (Å²) in [7, 11) is 1.62. The number of nitrogens with zero attached hydrogens (tertiary/aromatic N) is 2. The Morgan fingerprint density at radius 3 is 2.83 bits per heavy atom. The van der Waals surface area contributed by atoms with Gasteiger partial charge in [0.25, 0.3) is 5.91 Å². The highest BCUT2D eigenvalue weighted by Crippen LogP contribution is 2.41. The molecule has 7 heteroatoms. The summed E-state index contributed by atoms with van der Waals surface area (Å²) in [5.74, 6) is -0.653. The van der Waals surface area contributed by atoms with Gasteiger partial charge in [0.2, 0.25) is 5.91 Å². The monoisotopic (exact) mass is 330 g/mol. The van der Waals surface area contributed by atoms with Gasteiger partial charge in [-0.25, -0.2) is 4.79 Å². The molecule has 1 aromatic rings. The van der Waals surface area contributed by atoms with Crippen LogP contribution in [0.15, 0.2) is 24.3 Å². The van der Waals surface area contributed by atoms with Crippen LogP contribution in [-0.2, 0) is 21.5 Å². The molecule has 1 heterocycles. The van der Waals surface area contributed by atoms with Crippen molar-refractivity contribution in [1.29, 1.82) is 0 Å². The summed E-state index contributed by atoms with van der Waals surface area (Å²) in [6, 6.07) is 6.94. The summed E-state index contributed by atoms with van der Waals surface area (Å²) in [6.45, 7) is 1.87. The standard InChI is InChI=1S/C17H22N4O3/c1-11(9-18)20(2)14(22)10-21-15(23)17(19-16(21)24)8-7-12-5-3-4-6-13(12)17/h3-6,11H,7-10,18H2,1-2H3,(H,19,24). The zero-order chi connectivity index (χ0) is 17.5. The van der Waals surface area contributed by atoms with Crippen molar-refractivity contribution in [2.45, 2.75) is 31.3 Å². The molecule has 0 aromatic heterocycles. The lowest BCUT2D eigenvalue weighted by Gasteiger charge is -2.26. The zero-order valence-corrected chi connectivity index (χ0v) is 13.9. The molecule has 3 rings (SSSR count). The van der Waals surface area contributed by atoms with E-state index in [-0.39, 0.29) is 24.4 Å². The van der Waals surface area contributed by atoms with Crippen molar-refractivity contribution in [1.82, 2.24) is 15.1 Å². The Kier molecular flexibility index (Phi) is 4.04. The van der Waals surface area contributed by atoms with Crippen LogP contribution in [0.1, 0.15) is 24.5 Å². The summed E-state index contributed by atoms with van der Waals surface area (Å²) in [6.07, 6.45) is 1.25. The minimum absolute atomic E-state index is 0.153. The number of likely N-dealkylation sites (N-methyl/N-ethyl adjacent to an activating group) is 1. The van der Waals surface area contributed by atoms with Gasteiger partial charge in [0.05, 0.1) is 0 Å². The van der Waals surface area contributed by atoms with Crippen LogP contribution in [0.3, 0.4) is 0 Å². The van der Waals surface area contributed by atoms with Crippen molar-refractivity contribution < 1.29 is 14.4 Å². The number of amides is 4. The van der Waals surface area contributed by atoms with Crippen LogP contribution >= 0.6 is 0 Å². The molecule has 2 unspecified atom stereocenters. The maximum absolute atomic E-state index is 12.9. The second-order valence-corrected chi connectivity index (χ2v) is 6.47. The molecule has 1 spiro atoms. The van der Waals surface area contributed by atoms with Crippen molar-refractivity contribution in [2.75, 3.05) is 20.1 Å². The predicted molar refractivity (Wildman–Crippen MR) is 88.0 cm³/mol. The number of rotatable bonds is 4. The highest BCUT2D eigenvalue weighted by molar-refractivity contribution is 6.09. The maximum Gasteiger partial charge on any atom is 0.325 e. The minimum atomic E-state index is -1.02. The molecule has 1 aromatic carbocycles. The van der Waals surface area contributed by atoms with Crippen LogP contribution in [0.2, 0.25) is 0 Å². The van der Waals surface area contributed by atoms with Crippen molar-refractivity contribution in [3.8, 4) is 0 Å². The quantitative estimate of drug-likeness (QED) is 0.770. The average Bonchev–Trinajstić information content (AvgIpc) is 3.07. The predicted octanol–water partition coefficient (Wildman–Crippen LogP) is 0.186. The molecule has 7 nitrogen and oxygen atoms in total. The van der Waals surface area contributed by atoms with Crippen molar-refractivity contribution >= 4 is 17.8 Å². The molecule has 0 saturated carbocycles. The van der Waals surface area contributed by atoms with Gasteiger partial charge in [-0.05, 0) is 30.9 Å². The lowest BCUT2D eigenvalue weighted by molar-refractivity contribution is -0.139. The summed E-state index contributed by atoms with van der Waals surface area (Å²) in [5, 5.41) is 2.81. The Morgan fingerprint density at radius 2 is 2.12 bits per heavy atom. The van der Waals surface area contributed by atoms with Crippen LogP contribution in [0.25, 0.3) is 0 Å². The molecular weight excluding hydrogens is 308 g/mol. The third-order valence-electron chi connectivity index (χ3n) is 5.11. The number of carbonyl (C=O) groups is 3. The Labute approximate surface area is 140 Å². The summed E-state index contributed by atoms with van der Waals surface area (Å²) < 4.78 is 0. The van der Waals surface area contributed by atoms with Gasteiger partial charge in [0, 0.05) is 19.6 Å². The first-order valence-electron chi connectivity index (χ1n) is 8.09. The molecule has 2 aliphatic rings. The smallest absolute Gasteiger partial charge is 0.325 e. The first kappa shape index (κ1) is 16.4. The Morgan fingerprint density at radius 1 is 1.42 bits per heavy atom. The fraction of sp³-hybridized carbons (Fsp3) is 0.471. The highest BCUT2D eigenvalue weighted by atomic mass is 16.2. The Hall–Kier alpha value is -2.41. The van der Waals surface area contributed by atoms with Crippen LogP contribution in [0.4, 0.5) is 4.79 Å². The van der Waals surface area contributed by atoms with Crippen LogP contribution in [0, 0.1) is 0 Å². The number of hydrogen-bond donors (Lipinski definition) is 2. The SMILES string of the molecule is CC(CN)N(C)C(=O)CN1C(=O)NC2(CCc3ccccc32)C1=O. The molecule has 1 saturated heterocycles. The van der Waals surface area contributed by atoms with E-state index >= 15 is 0 Å². The fourth-order valence-electron chi connectivity index (χ4n) is 3.38. The summed E-state index contributed by atoms with van der Waals surface area (Å²) in [5.41, 5.74) is 6.44. The van der Waals surface area contributed by atoms with Crippen LogP contribution in [-0.4, -0.2) is 53.8 Å². The van der Waals surface area contributed by atoms with Crippen LogP contribution in [0.5, 0.6) is 0 Å². The molecule has 1 fully saturated rings. The second kappa shape index (κ2) is 5.90. The van der Waals surface area contributed by atoms with Crippen molar-refractivity contribution in [2.24, 2.45) is 5.73 Å². The van der Waals surface area contributed by atoms with E-state index in [9.17, 15) is 14.4 Å². The fourth-order valence-corrected chi connectivity index (χ4v) is 3.38. The van der Waals surface area contributed by atoms with E-state index in [0.29, 0.717) is 13.0 Å². The van der Waals surface area contributed by atoms with Gasteiger partial charge in [0.15, 0.2) is 0 Å². The van der Waals surface area contributed by atoms with Crippen LogP contribution < -0.4 is 11.1 Å². The third kappa shape index (κ3) is 2.36. The van der Waals surface area contributed by atoms with E-state index < -0.39 is 11.6 Å². The lowest BCUT2D eigenvalue weighted by Crippen LogP contribution is -2.47. The zero-order valence-electron chi connectivity index (χ0n) is 13.9. The minimum Gasteiger partial charge on any atom is -0.340 e. The van der Waals surface area contributed by atoms with Gasteiger partial charge >= 0.3 is 6.03 Å². The van der Waals surface area contributed by atoms with Gasteiger partial charge in [0.1, 0.15) is 12.1 Å².